The number of rotatable bonds is 2. The molecule has 0 amide bonds. The monoisotopic (exact) mass is 145 g/mol. The molecular weight excluding hydrogens is 138 g/mol. The highest BCUT2D eigenvalue weighted by molar-refractivity contribution is 6.18. The Balaban J connectivity index is 2.65. The molecule has 0 aliphatic rings. The van der Waals surface area contributed by atoms with Crippen LogP contribution in [0.15, 0.2) is 12.7 Å². The molecular formula is C5H8ClN3. The Kier molecular flexibility index (Phi) is 2.05. The molecule has 0 bridgehead atoms. The van der Waals surface area contributed by atoms with Gasteiger partial charge in [-0.05, 0) is 6.92 Å². The molecule has 0 aromatic carbocycles. The van der Waals surface area contributed by atoms with Crippen LogP contribution >= 0.6 is 11.6 Å². The Morgan fingerprint density at radius 1 is 1.78 bits per heavy atom. The largest absolute Gasteiger partial charge is 0.249 e. The van der Waals surface area contributed by atoms with E-state index in [1.165, 1.54) is 6.33 Å². The summed E-state index contributed by atoms with van der Waals surface area (Å²) in [6, 6.07) is 0.245. The van der Waals surface area contributed by atoms with Gasteiger partial charge in [0, 0.05) is 5.88 Å². The third-order valence-corrected chi connectivity index (χ3v) is 1.56. The zero-order chi connectivity index (χ0) is 6.69. The summed E-state index contributed by atoms with van der Waals surface area (Å²) in [4.78, 5) is 3.78. The first kappa shape index (κ1) is 6.55. The lowest BCUT2D eigenvalue weighted by atomic mass is 10.4. The SMILES string of the molecule is C[C@@H](CCl)n1cncn1. The summed E-state index contributed by atoms with van der Waals surface area (Å²) < 4.78 is 1.73. The minimum atomic E-state index is 0.245. The number of aromatic nitrogens is 3. The van der Waals surface area contributed by atoms with Crippen molar-refractivity contribution < 1.29 is 0 Å². The van der Waals surface area contributed by atoms with Gasteiger partial charge in [0.05, 0.1) is 6.04 Å². The second-order valence-electron chi connectivity index (χ2n) is 1.88. The fraction of sp³-hybridized carbons (Fsp3) is 0.600. The van der Waals surface area contributed by atoms with Crippen LogP contribution in [0.2, 0.25) is 0 Å². The van der Waals surface area contributed by atoms with Crippen LogP contribution in [0.1, 0.15) is 13.0 Å². The van der Waals surface area contributed by atoms with E-state index in [-0.39, 0.29) is 6.04 Å². The number of alkyl halides is 1. The molecule has 50 valence electrons. The zero-order valence-electron chi connectivity index (χ0n) is 5.16. The minimum absolute atomic E-state index is 0.245. The first-order chi connectivity index (χ1) is 4.34. The average molecular weight is 146 g/mol. The molecule has 0 saturated heterocycles. The van der Waals surface area contributed by atoms with Crippen LogP contribution in [-0.4, -0.2) is 20.6 Å². The van der Waals surface area contributed by atoms with Crippen molar-refractivity contribution in [3.8, 4) is 0 Å². The molecule has 0 saturated carbocycles. The second kappa shape index (κ2) is 2.82. The number of halogens is 1. The van der Waals surface area contributed by atoms with E-state index in [1.807, 2.05) is 6.92 Å². The summed E-state index contributed by atoms with van der Waals surface area (Å²) >= 11 is 5.55. The zero-order valence-corrected chi connectivity index (χ0v) is 5.91. The fourth-order valence-electron chi connectivity index (χ4n) is 0.516. The van der Waals surface area contributed by atoms with E-state index in [1.54, 1.807) is 11.0 Å². The van der Waals surface area contributed by atoms with Crippen molar-refractivity contribution in [3.63, 3.8) is 0 Å². The molecule has 0 N–H and O–H groups in total. The molecule has 0 aliphatic carbocycles. The highest BCUT2D eigenvalue weighted by Gasteiger charge is 2.00. The van der Waals surface area contributed by atoms with Crippen molar-refractivity contribution in [2.75, 3.05) is 5.88 Å². The Morgan fingerprint density at radius 3 is 3.00 bits per heavy atom. The average Bonchev–Trinajstić information content (AvgIpc) is 2.37. The summed E-state index contributed by atoms with van der Waals surface area (Å²) in [5.74, 6) is 0.573. The van der Waals surface area contributed by atoms with E-state index in [0.717, 1.165) is 0 Å². The maximum absolute atomic E-state index is 5.55. The highest BCUT2D eigenvalue weighted by Crippen LogP contribution is 2.02. The van der Waals surface area contributed by atoms with E-state index < -0.39 is 0 Å². The number of nitrogens with zero attached hydrogens (tertiary/aromatic N) is 3. The van der Waals surface area contributed by atoms with Gasteiger partial charge < -0.3 is 0 Å². The van der Waals surface area contributed by atoms with Crippen LogP contribution < -0.4 is 0 Å². The first-order valence-corrected chi connectivity index (χ1v) is 3.28. The van der Waals surface area contributed by atoms with Crippen molar-refractivity contribution >= 4 is 11.6 Å². The molecule has 1 heterocycles. The van der Waals surface area contributed by atoms with E-state index in [9.17, 15) is 0 Å². The molecule has 9 heavy (non-hydrogen) atoms. The molecule has 1 aromatic heterocycles. The predicted molar refractivity (Wildman–Crippen MR) is 35.5 cm³/mol. The Bertz CT molecular complexity index is 161. The maximum atomic E-state index is 5.55. The molecule has 1 aromatic rings. The Morgan fingerprint density at radius 2 is 2.56 bits per heavy atom. The quantitative estimate of drug-likeness (QED) is 0.583. The summed E-state index contributed by atoms with van der Waals surface area (Å²) in [6.45, 7) is 1.99. The third-order valence-electron chi connectivity index (χ3n) is 1.11. The van der Waals surface area contributed by atoms with E-state index in [0.29, 0.717) is 5.88 Å². The molecule has 0 aliphatic heterocycles. The lowest BCUT2D eigenvalue weighted by molar-refractivity contribution is 0.536. The minimum Gasteiger partial charge on any atom is -0.249 e. The predicted octanol–water partition coefficient (Wildman–Crippen LogP) is 1.08. The van der Waals surface area contributed by atoms with Crippen LogP contribution in [0.25, 0.3) is 0 Å². The Hall–Kier alpha value is -0.570. The van der Waals surface area contributed by atoms with Gasteiger partial charge in [0.25, 0.3) is 0 Å². The van der Waals surface area contributed by atoms with Crippen LogP contribution in [0.4, 0.5) is 0 Å². The molecule has 0 fully saturated rings. The molecule has 1 atom stereocenters. The van der Waals surface area contributed by atoms with Crippen LogP contribution in [0.5, 0.6) is 0 Å². The van der Waals surface area contributed by atoms with Gasteiger partial charge in [0.15, 0.2) is 0 Å². The standard InChI is InChI=1S/C5H8ClN3/c1-5(2-6)9-4-7-3-8-9/h3-5H,2H2,1H3/t5-/m0/s1. The van der Waals surface area contributed by atoms with Gasteiger partial charge in [-0.25, -0.2) is 9.67 Å². The number of hydrogen-bond acceptors (Lipinski definition) is 2. The lowest BCUT2D eigenvalue weighted by Crippen LogP contribution is -2.06. The van der Waals surface area contributed by atoms with Crippen molar-refractivity contribution in [3.05, 3.63) is 12.7 Å². The second-order valence-corrected chi connectivity index (χ2v) is 2.19. The van der Waals surface area contributed by atoms with Crippen molar-refractivity contribution in [1.82, 2.24) is 14.8 Å². The Labute approximate surface area is 58.7 Å². The first-order valence-electron chi connectivity index (χ1n) is 2.74. The smallest absolute Gasteiger partial charge is 0.137 e. The van der Waals surface area contributed by atoms with Gasteiger partial charge in [-0.3, -0.25) is 0 Å². The maximum Gasteiger partial charge on any atom is 0.137 e. The van der Waals surface area contributed by atoms with Crippen LogP contribution in [0.3, 0.4) is 0 Å². The lowest BCUT2D eigenvalue weighted by Gasteiger charge is -2.04. The van der Waals surface area contributed by atoms with Crippen molar-refractivity contribution in [1.29, 1.82) is 0 Å². The topological polar surface area (TPSA) is 30.7 Å². The molecule has 0 spiro atoms. The number of hydrogen-bond donors (Lipinski definition) is 0. The third kappa shape index (κ3) is 1.42. The van der Waals surface area contributed by atoms with E-state index in [4.69, 9.17) is 11.6 Å². The molecule has 0 unspecified atom stereocenters. The van der Waals surface area contributed by atoms with Gasteiger partial charge in [-0.1, -0.05) is 0 Å². The van der Waals surface area contributed by atoms with Crippen LogP contribution in [-0.2, 0) is 0 Å². The van der Waals surface area contributed by atoms with Crippen molar-refractivity contribution in [2.45, 2.75) is 13.0 Å². The van der Waals surface area contributed by atoms with Gasteiger partial charge in [0.1, 0.15) is 12.7 Å². The fourth-order valence-corrected chi connectivity index (χ4v) is 0.657. The van der Waals surface area contributed by atoms with E-state index in [2.05, 4.69) is 10.1 Å². The molecule has 0 radical (unpaired) electrons. The normalized spacial score (nSPS) is 13.6. The summed E-state index contributed by atoms with van der Waals surface area (Å²) in [5.41, 5.74) is 0. The summed E-state index contributed by atoms with van der Waals surface area (Å²) in [6.07, 6.45) is 3.16. The van der Waals surface area contributed by atoms with Crippen LogP contribution in [0, 0.1) is 0 Å². The van der Waals surface area contributed by atoms with Gasteiger partial charge in [0.2, 0.25) is 0 Å². The molecule has 4 heteroatoms. The molecule has 3 nitrogen and oxygen atoms in total. The highest BCUT2D eigenvalue weighted by atomic mass is 35.5. The van der Waals surface area contributed by atoms with Gasteiger partial charge >= 0.3 is 0 Å². The summed E-state index contributed by atoms with van der Waals surface area (Å²) in [7, 11) is 0. The van der Waals surface area contributed by atoms with Crippen molar-refractivity contribution in [2.24, 2.45) is 0 Å². The van der Waals surface area contributed by atoms with Gasteiger partial charge in [-0.2, -0.15) is 5.10 Å². The van der Waals surface area contributed by atoms with E-state index >= 15 is 0 Å². The molecule has 1 rings (SSSR count). The summed E-state index contributed by atoms with van der Waals surface area (Å²) in [5, 5.41) is 3.91. The van der Waals surface area contributed by atoms with Gasteiger partial charge in [-0.15, -0.1) is 11.6 Å².